The quantitative estimate of drug-likeness (QED) is 0.785. The van der Waals surface area contributed by atoms with Crippen LogP contribution in [0.3, 0.4) is 0 Å². The number of nitrogens with one attached hydrogen (secondary N) is 1. The van der Waals surface area contributed by atoms with Gasteiger partial charge in [0, 0.05) is 13.0 Å². The van der Waals surface area contributed by atoms with E-state index in [0.29, 0.717) is 19.4 Å². The molecule has 1 heterocycles. The maximum atomic E-state index is 14.3. The number of likely N-dealkylation sites (tertiary alicyclic amines) is 1. The number of alkyl halides is 3. The molecule has 4 nitrogen and oxygen atoms in total. The van der Waals surface area contributed by atoms with Gasteiger partial charge in [0.1, 0.15) is 18.3 Å². The largest absolute Gasteiger partial charge is 0.388 e. The molecule has 7 heteroatoms. The summed E-state index contributed by atoms with van der Waals surface area (Å²) >= 11 is 0. The van der Waals surface area contributed by atoms with Gasteiger partial charge < -0.3 is 10.4 Å². The summed E-state index contributed by atoms with van der Waals surface area (Å²) in [4.78, 5) is 12.9. The van der Waals surface area contributed by atoms with Crippen molar-refractivity contribution in [2.24, 2.45) is 0 Å². The Morgan fingerprint density at radius 3 is 2.64 bits per heavy atom. The second kappa shape index (κ2) is 9.20. The molecule has 0 aliphatic carbocycles. The smallest absolute Gasteiger partial charge is 0.256 e. The van der Waals surface area contributed by atoms with E-state index in [1.54, 1.807) is 6.92 Å². The van der Waals surface area contributed by atoms with Crippen molar-refractivity contribution in [2.45, 2.75) is 57.0 Å². The number of aliphatic hydroxyl groups is 1. The van der Waals surface area contributed by atoms with E-state index < -0.39 is 30.8 Å². The number of aryl methyl sites for hydroxylation is 1. The van der Waals surface area contributed by atoms with Crippen molar-refractivity contribution in [2.75, 3.05) is 13.1 Å². The van der Waals surface area contributed by atoms with E-state index in [9.17, 15) is 23.1 Å². The monoisotopic (exact) mass is 358 g/mol. The van der Waals surface area contributed by atoms with E-state index >= 15 is 0 Å². The lowest BCUT2D eigenvalue weighted by molar-refractivity contribution is -0.130. The fraction of sp³-hybridized carbons (Fsp3) is 0.611. The predicted molar refractivity (Wildman–Crippen MR) is 89.3 cm³/mol. The Bertz CT molecular complexity index is 544. The molecule has 1 aliphatic heterocycles. The van der Waals surface area contributed by atoms with Crippen LogP contribution < -0.4 is 5.32 Å². The number of amides is 1. The Morgan fingerprint density at radius 2 is 2.04 bits per heavy atom. The molecule has 1 saturated heterocycles. The van der Waals surface area contributed by atoms with Gasteiger partial charge >= 0.3 is 0 Å². The van der Waals surface area contributed by atoms with Gasteiger partial charge in [0.05, 0.1) is 6.04 Å². The van der Waals surface area contributed by atoms with Crippen LogP contribution >= 0.6 is 0 Å². The van der Waals surface area contributed by atoms with E-state index in [2.05, 4.69) is 5.32 Å². The van der Waals surface area contributed by atoms with Gasteiger partial charge in [0.2, 0.25) is 5.91 Å². The van der Waals surface area contributed by atoms with Crippen molar-refractivity contribution in [3.05, 3.63) is 35.9 Å². The summed E-state index contributed by atoms with van der Waals surface area (Å²) < 4.78 is 41.0. The van der Waals surface area contributed by atoms with Gasteiger partial charge in [-0.25, -0.2) is 13.2 Å². The number of hydrogen-bond donors (Lipinski definition) is 2. The van der Waals surface area contributed by atoms with Crippen molar-refractivity contribution in [3.63, 3.8) is 0 Å². The maximum absolute atomic E-state index is 14.3. The number of benzene rings is 1. The minimum atomic E-state index is -2.85. The highest BCUT2D eigenvalue weighted by Gasteiger charge is 2.47. The number of piperidine rings is 1. The summed E-state index contributed by atoms with van der Waals surface area (Å²) in [6, 6.07) is 7.10. The zero-order chi connectivity index (χ0) is 18.4. The number of carbonyl (C=O) groups excluding carboxylic acids is 1. The summed E-state index contributed by atoms with van der Waals surface area (Å²) in [6.07, 6.45) is -5.11. The van der Waals surface area contributed by atoms with E-state index in [0.717, 1.165) is 5.56 Å². The van der Waals surface area contributed by atoms with Crippen LogP contribution in [-0.4, -0.2) is 59.8 Å². The summed E-state index contributed by atoms with van der Waals surface area (Å²) in [5, 5.41) is 12.5. The van der Waals surface area contributed by atoms with E-state index in [1.165, 1.54) is 4.90 Å². The molecule has 4 atom stereocenters. The fourth-order valence-corrected chi connectivity index (χ4v) is 3.23. The first kappa shape index (κ1) is 19.7. The Kier molecular flexibility index (Phi) is 7.25. The molecule has 0 saturated carbocycles. The molecule has 1 aliphatic rings. The van der Waals surface area contributed by atoms with Crippen molar-refractivity contribution in [1.29, 1.82) is 0 Å². The van der Waals surface area contributed by atoms with Crippen LogP contribution in [0.2, 0.25) is 0 Å². The first-order valence-electron chi connectivity index (χ1n) is 8.61. The normalized spacial score (nSPS) is 27.4. The molecule has 1 amide bonds. The lowest BCUT2D eigenvalue weighted by Crippen LogP contribution is -2.66. The minimum absolute atomic E-state index is 0.0340. The third-order valence-electron chi connectivity index (χ3n) is 4.59. The minimum Gasteiger partial charge on any atom is -0.388 e. The number of halogens is 3. The fourth-order valence-electron chi connectivity index (χ4n) is 3.23. The van der Waals surface area contributed by atoms with Crippen molar-refractivity contribution in [3.8, 4) is 0 Å². The molecule has 0 radical (unpaired) electrons. The van der Waals surface area contributed by atoms with Gasteiger partial charge in [-0.15, -0.1) is 0 Å². The summed E-state index contributed by atoms with van der Waals surface area (Å²) in [7, 11) is 0. The van der Waals surface area contributed by atoms with Gasteiger partial charge in [0.15, 0.2) is 0 Å². The van der Waals surface area contributed by atoms with Gasteiger partial charge in [-0.1, -0.05) is 37.3 Å². The number of aliphatic hydroxyl groups excluding tert-OH is 1. The molecule has 1 aromatic carbocycles. The molecular formula is C18H25F3N2O2. The number of nitrogens with zero attached hydrogens (tertiary/aromatic N) is 1. The molecular weight excluding hydrogens is 333 g/mol. The van der Waals surface area contributed by atoms with Crippen LogP contribution in [0.1, 0.15) is 25.3 Å². The first-order valence-corrected chi connectivity index (χ1v) is 8.61. The summed E-state index contributed by atoms with van der Waals surface area (Å²) in [5.41, 5.74) is 1.09. The van der Waals surface area contributed by atoms with Gasteiger partial charge in [-0.2, -0.15) is 0 Å². The molecule has 0 unspecified atom stereocenters. The Balaban J connectivity index is 2.01. The molecule has 140 valence electrons. The number of rotatable bonds is 7. The van der Waals surface area contributed by atoms with Crippen molar-refractivity contribution in [1.82, 2.24) is 10.2 Å². The third kappa shape index (κ3) is 5.19. The first-order chi connectivity index (χ1) is 11.9. The average Bonchev–Trinajstić information content (AvgIpc) is 2.59. The van der Waals surface area contributed by atoms with Crippen molar-refractivity contribution < 1.29 is 23.1 Å². The van der Waals surface area contributed by atoms with E-state index in [4.69, 9.17) is 0 Å². The molecule has 0 spiro atoms. The molecule has 0 bridgehead atoms. The van der Waals surface area contributed by atoms with E-state index in [1.807, 2.05) is 30.3 Å². The average molecular weight is 358 g/mol. The van der Waals surface area contributed by atoms with E-state index in [-0.39, 0.29) is 18.9 Å². The van der Waals surface area contributed by atoms with Crippen molar-refractivity contribution >= 4 is 5.91 Å². The lowest BCUT2D eigenvalue weighted by Gasteiger charge is -2.44. The standard InChI is InChI=1S/C18H25F3N2O2/c1-2-14(24)22-13-11-23(16(18(20)21)17(25)15(13)19)10-6-9-12-7-4-3-5-8-12/h3-5,7-8,13,15-18,25H,2,6,9-11H2,1H3,(H,22,24)/t13-,15-,16-,17-/m0/s1. The summed E-state index contributed by atoms with van der Waals surface area (Å²) in [6.45, 7) is 1.89. The zero-order valence-corrected chi connectivity index (χ0v) is 14.2. The number of hydrogen-bond acceptors (Lipinski definition) is 3. The lowest BCUT2D eigenvalue weighted by atomic mass is 9.92. The molecule has 1 fully saturated rings. The summed E-state index contributed by atoms with van der Waals surface area (Å²) in [5.74, 6) is -0.361. The Labute approximate surface area is 146 Å². The molecule has 2 N–H and O–H groups in total. The maximum Gasteiger partial charge on any atom is 0.256 e. The van der Waals surface area contributed by atoms with Crippen LogP contribution in [0.4, 0.5) is 13.2 Å². The Morgan fingerprint density at radius 1 is 1.36 bits per heavy atom. The molecule has 0 aromatic heterocycles. The van der Waals surface area contributed by atoms with Crippen LogP contribution in [0.15, 0.2) is 30.3 Å². The topological polar surface area (TPSA) is 52.6 Å². The highest BCUT2D eigenvalue weighted by Crippen LogP contribution is 2.26. The van der Waals surface area contributed by atoms with Crippen LogP contribution in [-0.2, 0) is 11.2 Å². The second-order valence-corrected chi connectivity index (χ2v) is 6.37. The third-order valence-corrected chi connectivity index (χ3v) is 4.59. The Hall–Kier alpha value is -1.60. The van der Waals surface area contributed by atoms with Crippen LogP contribution in [0.5, 0.6) is 0 Å². The number of carbonyl (C=O) groups is 1. The highest BCUT2D eigenvalue weighted by molar-refractivity contribution is 5.76. The van der Waals surface area contributed by atoms with Crippen LogP contribution in [0, 0.1) is 0 Å². The predicted octanol–water partition coefficient (Wildman–Crippen LogP) is 2.16. The SMILES string of the molecule is CCC(=O)N[C@H]1CN(CCCc2ccccc2)[C@H](C(F)F)[C@@H](O)[C@H]1F. The van der Waals surface area contributed by atoms with Gasteiger partial charge in [-0.05, 0) is 24.9 Å². The zero-order valence-electron chi connectivity index (χ0n) is 14.2. The van der Waals surface area contributed by atoms with Gasteiger partial charge in [-0.3, -0.25) is 9.69 Å². The highest BCUT2D eigenvalue weighted by atomic mass is 19.3. The molecule has 1 aromatic rings. The molecule has 2 rings (SSSR count). The molecule has 25 heavy (non-hydrogen) atoms. The van der Waals surface area contributed by atoms with Crippen LogP contribution in [0.25, 0.3) is 0 Å². The van der Waals surface area contributed by atoms with Gasteiger partial charge in [0.25, 0.3) is 6.43 Å². The second-order valence-electron chi connectivity index (χ2n) is 6.37.